The lowest BCUT2D eigenvalue weighted by molar-refractivity contribution is 0.0964. The maximum Gasteiger partial charge on any atom is 0.255 e. The molecule has 0 aliphatic heterocycles. The topological polar surface area (TPSA) is 111 Å². The molecule has 11 heteroatoms. The van der Waals surface area contributed by atoms with Crippen molar-refractivity contribution in [1.29, 1.82) is 0 Å². The van der Waals surface area contributed by atoms with Crippen molar-refractivity contribution in [1.82, 2.24) is 10.3 Å². The maximum atomic E-state index is 13.5. The SMILES string of the molecule is CNC(=O)c1c(-c2ccc(F)cc2)oc2cc(NC(c3cscn3)S(C)(=O)=O)c(OC(C)C)cc12. The zero-order valence-corrected chi connectivity index (χ0v) is 21.1. The van der Waals surface area contributed by atoms with Crippen LogP contribution in [0.4, 0.5) is 10.1 Å². The summed E-state index contributed by atoms with van der Waals surface area (Å²) >= 11 is 1.29. The van der Waals surface area contributed by atoms with Crippen LogP contribution >= 0.6 is 11.3 Å². The van der Waals surface area contributed by atoms with Crippen LogP contribution in [0.1, 0.15) is 35.3 Å². The fourth-order valence-electron chi connectivity index (χ4n) is 3.64. The van der Waals surface area contributed by atoms with Gasteiger partial charge in [-0.15, -0.1) is 11.3 Å². The van der Waals surface area contributed by atoms with Crippen molar-refractivity contribution in [3.63, 3.8) is 0 Å². The molecule has 1 atom stereocenters. The molecule has 2 N–H and O–H groups in total. The van der Waals surface area contributed by atoms with Gasteiger partial charge in [0.1, 0.15) is 22.9 Å². The Morgan fingerprint density at radius 3 is 2.49 bits per heavy atom. The predicted molar refractivity (Wildman–Crippen MR) is 134 cm³/mol. The standard InChI is InChI=1S/C24H24FN3O5S2/c1-13(2)32-20-9-16-19(10-17(20)28-24(35(4,30)31)18-11-34-12-27-18)33-22(21(16)23(29)26-3)14-5-7-15(25)8-6-14/h5-13,24,28H,1-4H3,(H,26,29). The summed E-state index contributed by atoms with van der Waals surface area (Å²) in [5, 5.41) is 6.64. The Morgan fingerprint density at radius 1 is 1.20 bits per heavy atom. The summed E-state index contributed by atoms with van der Waals surface area (Å²) in [6, 6.07) is 8.83. The number of furan rings is 1. The number of ether oxygens (including phenoxy) is 1. The van der Waals surface area contributed by atoms with Gasteiger partial charge in [-0.05, 0) is 44.2 Å². The van der Waals surface area contributed by atoms with E-state index in [2.05, 4.69) is 15.6 Å². The second-order valence-corrected chi connectivity index (χ2v) is 11.0. The first-order valence-corrected chi connectivity index (χ1v) is 13.6. The smallest absolute Gasteiger partial charge is 0.255 e. The number of thiazole rings is 1. The minimum absolute atomic E-state index is 0.240. The number of fused-ring (bicyclic) bond motifs is 1. The highest BCUT2D eigenvalue weighted by Crippen LogP contribution is 2.41. The van der Waals surface area contributed by atoms with Crippen LogP contribution in [-0.2, 0) is 9.84 Å². The highest BCUT2D eigenvalue weighted by Gasteiger charge is 2.28. The molecule has 0 bridgehead atoms. The second kappa shape index (κ2) is 9.67. The van der Waals surface area contributed by atoms with Crippen LogP contribution in [0.25, 0.3) is 22.3 Å². The van der Waals surface area contributed by atoms with Gasteiger partial charge in [0.05, 0.1) is 28.6 Å². The molecule has 2 aromatic carbocycles. The van der Waals surface area contributed by atoms with Crippen LogP contribution in [0.3, 0.4) is 0 Å². The second-order valence-electron chi connectivity index (χ2n) is 8.17. The summed E-state index contributed by atoms with van der Waals surface area (Å²) in [7, 11) is -2.10. The van der Waals surface area contributed by atoms with Gasteiger partial charge in [-0.25, -0.2) is 17.8 Å². The number of hydrogen-bond donors (Lipinski definition) is 2. The monoisotopic (exact) mass is 517 g/mol. The lowest BCUT2D eigenvalue weighted by atomic mass is 10.0. The molecule has 1 unspecified atom stereocenters. The Bertz CT molecular complexity index is 1460. The average Bonchev–Trinajstić information content (AvgIpc) is 3.44. The minimum Gasteiger partial charge on any atom is -0.489 e. The Balaban J connectivity index is 1.93. The number of rotatable bonds is 8. The molecule has 2 heterocycles. The maximum absolute atomic E-state index is 13.5. The van der Waals surface area contributed by atoms with E-state index in [-0.39, 0.29) is 17.4 Å². The number of hydrogen-bond acceptors (Lipinski definition) is 8. The average molecular weight is 518 g/mol. The predicted octanol–water partition coefficient (Wildman–Crippen LogP) is 5.00. The van der Waals surface area contributed by atoms with Crippen molar-refractivity contribution in [3.8, 4) is 17.1 Å². The molecule has 0 aliphatic rings. The van der Waals surface area contributed by atoms with E-state index in [0.717, 1.165) is 6.26 Å². The summed E-state index contributed by atoms with van der Waals surface area (Å²) in [5.41, 5.74) is 3.36. The van der Waals surface area contributed by atoms with Gasteiger partial charge < -0.3 is 19.8 Å². The van der Waals surface area contributed by atoms with E-state index in [1.54, 1.807) is 23.0 Å². The van der Waals surface area contributed by atoms with E-state index in [9.17, 15) is 17.6 Å². The number of halogens is 1. The van der Waals surface area contributed by atoms with Gasteiger partial charge in [-0.1, -0.05) is 0 Å². The number of carbonyl (C=O) groups excluding carboxylic acids is 1. The molecule has 0 spiro atoms. The van der Waals surface area contributed by atoms with Crippen LogP contribution in [0, 0.1) is 5.82 Å². The fourth-order valence-corrected chi connectivity index (χ4v) is 5.21. The highest BCUT2D eigenvalue weighted by molar-refractivity contribution is 7.91. The van der Waals surface area contributed by atoms with Gasteiger partial charge in [0.15, 0.2) is 15.2 Å². The molecular weight excluding hydrogens is 493 g/mol. The summed E-state index contributed by atoms with van der Waals surface area (Å²) in [4.78, 5) is 17.0. The van der Waals surface area contributed by atoms with E-state index in [0.29, 0.717) is 33.7 Å². The Labute approximate surface area is 206 Å². The molecular formula is C24H24FN3O5S2. The van der Waals surface area contributed by atoms with Gasteiger partial charge in [0.2, 0.25) is 0 Å². The van der Waals surface area contributed by atoms with Gasteiger partial charge in [-0.3, -0.25) is 4.79 Å². The first-order chi connectivity index (χ1) is 16.6. The highest BCUT2D eigenvalue weighted by atomic mass is 32.2. The quantitative estimate of drug-likeness (QED) is 0.338. The molecule has 2 aromatic heterocycles. The van der Waals surface area contributed by atoms with Crippen molar-refractivity contribution in [2.24, 2.45) is 0 Å². The largest absolute Gasteiger partial charge is 0.489 e. The normalized spacial score (nSPS) is 12.6. The number of nitrogens with one attached hydrogen (secondary N) is 2. The molecule has 0 aliphatic carbocycles. The molecule has 4 aromatic rings. The third kappa shape index (κ3) is 5.15. The van der Waals surface area contributed by atoms with Crippen LogP contribution in [0.5, 0.6) is 5.75 Å². The van der Waals surface area contributed by atoms with Gasteiger partial charge in [0, 0.05) is 35.7 Å². The van der Waals surface area contributed by atoms with E-state index in [1.165, 1.54) is 42.6 Å². The number of aromatic nitrogens is 1. The molecule has 35 heavy (non-hydrogen) atoms. The van der Waals surface area contributed by atoms with E-state index >= 15 is 0 Å². The number of amides is 1. The number of nitrogens with zero attached hydrogens (tertiary/aromatic N) is 1. The lowest BCUT2D eigenvalue weighted by Crippen LogP contribution is -2.21. The molecule has 0 fully saturated rings. The van der Waals surface area contributed by atoms with E-state index in [1.807, 2.05) is 13.8 Å². The Morgan fingerprint density at radius 2 is 1.91 bits per heavy atom. The third-order valence-corrected chi connectivity index (χ3v) is 6.97. The fraction of sp³-hybridized carbons (Fsp3) is 0.250. The number of sulfone groups is 1. The summed E-state index contributed by atoms with van der Waals surface area (Å²) in [6.45, 7) is 3.67. The van der Waals surface area contributed by atoms with Gasteiger partial charge >= 0.3 is 0 Å². The van der Waals surface area contributed by atoms with Crippen LogP contribution in [-0.4, -0.2) is 38.7 Å². The van der Waals surface area contributed by atoms with Crippen LogP contribution in [0.15, 0.2) is 51.7 Å². The van der Waals surface area contributed by atoms with E-state index < -0.39 is 26.9 Å². The first kappa shape index (κ1) is 24.7. The Hall–Kier alpha value is -3.44. The molecule has 0 radical (unpaired) electrons. The number of benzene rings is 2. The summed E-state index contributed by atoms with van der Waals surface area (Å²) < 4.78 is 50.7. The van der Waals surface area contributed by atoms with Crippen molar-refractivity contribution in [2.45, 2.75) is 25.3 Å². The van der Waals surface area contributed by atoms with Crippen molar-refractivity contribution in [3.05, 3.63) is 64.4 Å². The lowest BCUT2D eigenvalue weighted by Gasteiger charge is -2.20. The van der Waals surface area contributed by atoms with E-state index in [4.69, 9.17) is 9.15 Å². The summed E-state index contributed by atoms with van der Waals surface area (Å²) in [5.74, 6) is -0.214. The summed E-state index contributed by atoms with van der Waals surface area (Å²) in [6.07, 6.45) is 0.880. The van der Waals surface area contributed by atoms with Crippen LogP contribution < -0.4 is 15.4 Å². The molecule has 1 amide bonds. The van der Waals surface area contributed by atoms with Crippen LogP contribution in [0.2, 0.25) is 0 Å². The molecule has 4 rings (SSSR count). The number of anilines is 1. The molecule has 0 saturated carbocycles. The molecule has 184 valence electrons. The third-order valence-electron chi connectivity index (χ3n) is 5.15. The van der Waals surface area contributed by atoms with Crippen molar-refractivity contribution < 1.29 is 26.8 Å². The van der Waals surface area contributed by atoms with Crippen molar-refractivity contribution >= 4 is 43.7 Å². The zero-order chi connectivity index (χ0) is 25.3. The van der Waals surface area contributed by atoms with Gasteiger partial charge in [0.25, 0.3) is 5.91 Å². The Kier molecular flexibility index (Phi) is 6.82. The minimum atomic E-state index is -3.60. The van der Waals surface area contributed by atoms with Gasteiger partial charge in [-0.2, -0.15) is 0 Å². The zero-order valence-electron chi connectivity index (χ0n) is 19.5. The molecule has 8 nitrogen and oxygen atoms in total. The molecule has 0 saturated heterocycles. The number of carbonyl (C=O) groups is 1. The van der Waals surface area contributed by atoms with Crippen molar-refractivity contribution in [2.75, 3.05) is 18.6 Å². The first-order valence-electron chi connectivity index (χ1n) is 10.7.